The number of rotatable bonds is 6. The lowest BCUT2D eigenvalue weighted by molar-refractivity contribution is 0.100. The van der Waals surface area contributed by atoms with Crippen molar-refractivity contribution in [1.29, 1.82) is 0 Å². The van der Waals surface area contributed by atoms with Crippen LogP contribution in [0.2, 0.25) is 0 Å². The minimum Gasteiger partial charge on any atom is -0.380 e. The number of sulfonamides is 1. The molecule has 0 saturated heterocycles. The van der Waals surface area contributed by atoms with Crippen LogP contribution in [0.3, 0.4) is 0 Å². The van der Waals surface area contributed by atoms with Gasteiger partial charge in [-0.15, -0.1) is 11.3 Å². The van der Waals surface area contributed by atoms with E-state index in [1.165, 1.54) is 34.8 Å². The third-order valence-electron chi connectivity index (χ3n) is 3.58. The number of benzene rings is 1. The number of carbonyl (C=O) groups is 1. The van der Waals surface area contributed by atoms with Crippen molar-refractivity contribution in [2.45, 2.75) is 18.4 Å². The molecule has 1 aromatic carbocycles. The zero-order valence-electron chi connectivity index (χ0n) is 13.9. The van der Waals surface area contributed by atoms with Gasteiger partial charge in [0.15, 0.2) is 4.80 Å². The van der Waals surface area contributed by atoms with Crippen LogP contribution in [-0.2, 0) is 21.3 Å². The fraction of sp³-hybridized carbons (Fsp3) is 0.250. The average molecular weight is 412 g/mol. The highest BCUT2D eigenvalue weighted by molar-refractivity contribution is 7.89. The summed E-state index contributed by atoms with van der Waals surface area (Å²) in [4.78, 5) is 17.6. The number of fused-ring (bicyclic) bond motifs is 1. The Morgan fingerprint density at radius 2 is 2.15 bits per heavy atom. The highest BCUT2D eigenvalue weighted by Crippen LogP contribution is 2.21. The van der Waals surface area contributed by atoms with E-state index >= 15 is 0 Å². The molecule has 0 aliphatic heterocycles. The van der Waals surface area contributed by atoms with Crippen LogP contribution in [0.4, 0.5) is 0 Å². The first-order valence-corrected chi connectivity index (χ1v) is 11.0. The van der Waals surface area contributed by atoms with E-state index in [1.54, 1.807) is 18.2 Å². The first-order valence-electron chi connectivity index (χ1n) is 7.76. The molecular formula is C16H17N3O4S3. The van der Waals surface area contributed by atoms with Crippen molar-refractivity contribution in [3.05, 3.63) is 45.4 Å². The molecule has 2 aromatic heterocycles. The van der Waals surface area contributed by atoms with Gasteiger partial charge in [-0.1, -0.05) is 17.4 Å². The van der Waals surface area contributed by atoms with Gasteiger partial charge >= 0.3 is 0 Å². The molecule has 0 bridgehead atoms. The molecule has 26 heavy (non-hydrogen) atoms. The van der Waals surface area contributed by atoms with E-state index in [-0.39, 0.29) is 10.8 Å². The molecule has 0 unspecified atom stereocenters. The molecule has 0 aliphatic rings. The maximum atomic E-state index is 12.4. The molecule has 1 amide bonds. The molecule has 0 aliphatic carbocycles. The van der Waals surface area contributed by atoms with Crippen LogP contribution in [-0.4, -0.2) is 32.1 Å². The van der Waals surface area contributed by atoms with Gasteiger partial charge in [0.25, 0.3) is 5.91 Å². The van der Waals surface area contributed by atoms with Crippen LogP contribution in [0.1, 0.15) is 16.6 Å². The standard InChI is InChI=1S/C16H17N3O4S3/c1-2-23-8-7-19-12-6-5-11(26(17,21)22)10-14(12)25-16(19)18-15(20)13-4-3-9-24-13/h3-6,9-10H,2,7-8H2,1H3,(H2,17,21,22). The molecule has 0 radical (unpaired) electrons. The summed E-state index contributed by atoms with van der Waals surface area (Å²) >= 11 is 2.56. The van der Waals surface area contributed by atoms with Crippen LogP contribution in [0, 0.1) is 0 Å². The van der Waals surface area contributed by atoms with Gasteiger partial charge in [0, 0.05) is 13.2 Å². The summed E-state index contributed by atoms with van der Waals surface area (Å²) < 4.78 is 31.1. The largest absolute Gasteiger partial charge is 0.380 e. The molecule has 3 rings (SSSR count). The topological polar surface area (TPSA) is 104 Å². The summed E-state index contributed by atoms with van der Waals surface area (Å²) in [6.45, 7) is 3.44. The predicted molar refractivity (Wildman–Crippen MR) is 102 cm³/mol. The number of ether oxygens (including phenoxy) is 1. The fourth-order valence-electron chi connectivity index (χ4n) is 2.37. The zero-order valence-corrected chi connectivity index (χ0v) is 16.4. The van der Waals surface area contributed by atoms with Crippen LogP contribution in [0.25, 0.3) is 10.2 Å². The molecule has 10 heteroatoms. The lowest BCUT2D eigenvalue weighted by Gasteiger charge is -2.05. The summed E-state index contributed by atoms with van der Waals surface area (Å²) in [6.07, 6.45) is 0. The maximum Gasteiger partial charge on any atom is 0.289 e. The Morgan fingerprint density at radius 1 is 1.35 bits per heavy atom. The first kappa shape index (κ1) is 18.9. The van der Waals surface area contributed by atoms with Gasteiger partial charge in [0.1, 0.15) is 0 Å². The summed E-state index contributed by atoms with van der Waals surface area (Å²) in [5.41, 5.74) is 0.778. The van der Waals surface area contributed by atoms with E-state index < -0.39 is 10.0 Å². The lowest BCUT2D eigenvalue weighted by atomic mass is 10.3. The molecule has 2 heterocycles. The second-order valence-electron chi connectivity index (χ2n) is 5.30. The highest BCUT2D eigenvalue weighted by Gasteiger charge is 2.14. The summed E-state index contributed by atoms with van der Waals surface area (Å²) in [5.74, 6) is -0.330. The van der Waals surface area contributed by atoms with Crippen LogP contribution < -0.4 is 9.94 Å². The number of thiophene rings is 1. The fourth-order valence-corrected chi connectivity index (χ4v) is 4.69. The van der Waals surface area contributed by atoms with Gasteiger partial charge in [0.2, 0.25) is 10.0 Å². The van der Waals surface area contributed by atoms with Gasteiger partial charge in [-0.25, -0.2) is 13.6 Å². The Labute approximate surface area is 158 Å². The van der Waals surface area contributed by atoms with E-state index in [0.29, 0.717) is 34.1 Å². The van der Waals surface area contributed by atoms with Gasteiger partial charge in [-0.2, -0.15) is 4.99 Å². The van der Waals surface area contributed by atoms with E-state index in [2.05, 4.69) is 4.99 Å². The number of primary sulfonamides is 1. The van der Waals surface area contributed by atoms with Gasteiger partial charge in [-0.3, -0.25) is 4.79 Å². The molecule has 7 nitrogen and oxygen atoms in total. The molecule has 2 N–H and O–H groups in total. The normalized spacial score (nSPS) is 12.8. The van der Waals surface area contributed by atoms with E-state index in [9.17, 15) is 13.2 Å². The number of nitrogens with two attached hydrogens (primary N) is 1. The zero-order chi connectivity index (χ0) is 18.7. The monoisotopic (exact) mass is 411 g/mol. The van der Waals surface area contributed by atoms with Crippen molar-refractivity contribution < 1.29 is 17.9 Å². The minimum absolute atomic E-state index is 0.0272. The Morgan fingerprint density at radius 3 is 2.81 bits per heavy atom. The number of amides is 1. The van der Waals surface area contributed by atoms with Crippen molar-refractivity contribution >= 4 is 48.8 Å². The van der Waals surface area contributed by atoms with Gasteiger partial charge < -0.3 is 9.30 Å². The smallest absolute Gasteiger partial charge is 0.289 e. The van der Waals surface area contributed by atoms with Crippen molar-refractivity contribution in [3.8, 4) is 0 Å². The Hall–Kier alpha value is -1.85. The maximum absolute atomic E-state index is 12.4. The third kappa shape index (κ3) is 4.10. The number of hydrogen-bond donors (Lipinski definition) is 1. The van der Waals surface area contributed by atoms with Crippen LogP contribution in [0.5, 0.6) is 0 Å². The molecule has 3 aromatic rings. The van der Waals surface area contributed by atoms with E-state index in [4.69, 9.17) is 9.88 Å². The molecular weight excluding hydrogens is 394 g/mol. The number of thiazole rings is 1. The van der Waals surface area contributed by atoms with Crippen molar-refractivity contribution in [2.24, 2.45) is 10.1 Å². The molecule has 0 spiro atoms. The molecule has 0 fully saturated rings. The number of carbonyl (C=O) groups excluding carboxylic acids is 1. The second-order valence-corrected chi connectivity index (χ2v) is 8.82. The number of hydrogen-bond acceptors (Lipinski definition) is 6. The summed E-state index contributed by atoms with van der Waals surface area (Å²) in [7, 11) is -3.80. The highest BCUT2D eigenvalue weighted by atomic mass is 32.2. The number of aromatic nitrogens is 1. The van der Waals surface area contributed by atoms with Crippen molar-refractivity contribution in [1.82, 2.24) is 4.57 Å². The Kier molecular flexibility index (Phi) is 5.68. The Bertz CT molecular complexity index is 1100. The van der Waals surface area contributed by atoms with E-state index in [0.717, 1.165) is 5.52 Å². The first-order chi connectivity index (χ1) is 12.4. The van der Waals surface area contributed by atoms with E-state index in [1.807, 2.05) is 16.9 Å². The minimum atomic E-state index is -3.80. The molecule has 0 saturated carbocycles. The molecule has 0 atom stereocenters. The van der Waals surface area contributed by atoms with Crippen LogP contribution in [0.15, 0.2) is 45.6 Å². The quantitative estimate of drug-likeness (QED) is 0.628. The van der Waals surface area contributed by atoms with Gasteiger partial charge in [0.05, 0.1) is 26.6 Å². The predicted octanol–water partition coefficient (Wildman–Crippen LogP) is 2.19. The third-order valence-corrected chi connectivity index (χ3v) is 6.39. The van der Waals surface area contributed by atoms with Crippen molar-refractivity contribution in [3.63, 3.8) is 0 Å². The SMILES string of the molecule is CCOCCn1c(=NC(=O)c2cccs2)sc2cc(S(N)(=O)=O)ccc21. The van der Waals surface area contributed by atoms with Crippen LogP contribution >= 0.6 is 22.7 Å². The van der Waals surface area contributed by atoms with Crippen molar-refractivity contribution in [2.75, 3.05) is 13.2 Å². The average Bonchev–Trinajstić information content (AvgIpc) is 3.22. The molecule has 138 valence electrons. The summed E-state index contributed by atoms with van der Waals surface area (Å²) in [6, 6.07) is 8.13. The second kappa shape index (κ2) is 7.80. The Balaban J connectivity index is 2.13. The lowest BCUT2D eigenvalue weighted by Crippen LogP contribution is -2.19. The summed E-state index contributed by atoms with van der Waals surface area (Å²) in [5, 5.41) is 7.02. The number of nitrogens with zero attached hydrogens (tertiary/aromatic N) is 2. The van der Waals surface area contributed by atoms with Gasteiger partial charge in [-0.05, 0) is 36.6 Å².